The van der Waals surface area contributed by atoms with Crippen LogP contribution in [-0.2, 0) is 0 Å². The largest absolute Gasteiger partial charge is 0.494 e. The molecule has 0 saturated carbocycles. The van der Waals surface area contributed by atoms with Gasteiger partial charge >= 0.3 is 0 Å². The van der Waals surface area contributed by atoms with Crippen LogP contribution in [0.25, 0.3) is 0 Å². The molecular weight excluding hydrogens is 250 g/mol. The molecule has 4 heteroatoms. The van der Waals surface area contributed by atoms with Gasteiger partial charge in [0, 0.05) is 22.8 Å². The van der Waals surface area contributed by atoms with Gasteiger partial charge in [-0.25, -0.2) is 0 Å². The molecule has 0 aliphatic rings. The minimum atomic E-state index is 0.572. The Labute approximate surface area is 111 Å². The minimum absolute atomic E-state index is 0.572. The quantitative estimate of drug-likeness (QED) is 0.901. The van der Waals surface area contributed by atoms with Gasteiger partial charge in [0.2, 0.25) is 0 Å². The average Bonchev–Trinajstić information content (AvgIpc) is 2.41. The van der Waals surface area contributed by atoms with Gasteiger partial charge in [0.1, 0.15) is 17.2 Å². The molecule has 0 atom stereocenters. The molecule has 0 amide bonds. The Morgan fingerprint density at radius 3 is 2.00 bits per heavy atom. The van der Waals surface area contributed by atoms with Gasteiger partial charge < -0.3 is 14.8 Å². The number of hydrogen-bond acceptors (Lipinski definition) is 3. The zero-order valence-electron chi connectivity index (χ0n) is 10.2. The van der Waals surface area contributed by atoms with Crippen molar-refractivity contribution in [3.05, 3.63) is 47.5 Å². The molecule has 0 bridgehead atoms. The van der Waals surface area contributed by atoms with E-state index in [4.69, 9.17) is 21.1 Å². The third-order valence-corrected chi connectivity index (χ3v) is 2.73. The Kier molecular flexibility index (Phi) is 3.95. The zero-order chi connectivity index (χ0) is 13.0. The van der Waals surface area contributed by atoms with Crippen LogP contribution in [0.2, 0.25) is 5.02 Å². The molecule has 0 radical (unpaired) electrons. The van der Waals surface area contributed by atoms with Crippen molar-refractivity contribution in [2.75, 3.05) is 19.5 Å². The summed E-state index contributed by atoms with van der Waals surface area (Å²) in [5, 5.41) is 3.83. The van der Waals surface area contributed by atoms with Gasteiger partial charge in [-0.05, 0) is 12.1 Å². The molecular formula is C14H14ClNO2. The molecule has 18 heavy (non-hydrogen) atoms. The SMILES string of the molecule is COc1cc(Cl)cc(OC)c1Nc1ccccc1. The summed E-state index contributed by atoms with van der Waals surface area (Å²) < 4.78 is 10.6. The monoisotopic (exact) mass is 263 g/mol. The predicted molar refractivity (Wildman–Crippen MR) is 74.3 cm³/mol. The van der Waals surface area contributed by atoms with Gasteiger partial charge in [-0.2, -0.15) is 0 Å². The number of para-hydroxylation sites is 1. The number of benzene rings is 2. The number of hydrogen-bond donors (Lipinski definition) is 1. The maximum Gasteiger partial charge on any atom is 0.147 e. The lowest BCUT2D eigenvalue weighted by atomic mass is 10.2. The molecule has 0 fully saturated rings. The van der Waals surface area contributed by atoms with Crippen molar-refractivity contribution >= 4 is 23.0 Å². The first-order chi connectivity index (χ1) is 8.74. The fourth-order valence-electron chi connectivity index (χ4n) is 1.67. The summed E-state index contributed by atoms with van der Waals surface area (Å²) in [4.78, 5) is 0. The van der Waals surface area contributed by atoms with Crippen molar-refractivity contribution in [2.45, 2.75) is 0 Å². The molecule has 2 aromatic rings. The summed E-state index contributed by atoms with van der Waals surface area (Å²) in [5.74, 6) is 1.28. The number of ether oxygens (including phenoxy) is 2. The topological polar surface area (TPSA) is 30.5 Å². The standard InChI is InChI=1S/C14H14ClNO2/c1-17-12-8-10(15)9-13(18-2)14(12)16-11-6-4-3-5-7-11/h3-9,16H,1-2H3. The van der Waals surface area contributed by atoms with Crippen LogP contribution in [0, 0.1) is 0 Å². The second-order valence-electron chi connectivity index (χ2n) is 3.68. The molecule has 0 heterocycles. The van der Waals surface area contributed by atoms with E-state index in [2.05, 4.69) is 5.32 Å². The number of nitrogens with one attached hydrogen (secondary N) is 1. The highest BCUT2D eigenvalue weighted by molar-refractivity contribution is 6.31. The molecule has 2 rings (SSSR count). The van der Waals surface area contributed by atoms with Gasteiger partial charge in [-0.3, -0.25) is 0 Å². The Hall–Kier alpha value is -1.87. The first-order valence-electron chi connectivity index (χ1n) is 5.48. The molecule has 0 aromatic heterocycles. The summed E-state index contributed by atoms with van der Waals surface area (Å²) in [6.07, 6.45) is 0. The number of rotatable bonds is 4. The van der Waals surface area contributed by atoms with E-state index in [1.807, 2.05) is 30.3 Å². The lowest BCUT2D eigenvalue weighted by molar-refractivity contribution is 0.398. The predicted octanol–water partition coefficient (Wildman–Crippen LogP) is 4.10. The summed E-state index contributed by atoms with van der Waals surface area (Å²) in [5.41, 5.74) is 1.71. The van der Waals surface area contributed by atoms with E-state index in [9.17, 15) is 0 Å². The molecule has 1 N–H and O–H groups in total. The van der Waals surface area contributed by atoms with Crippen LogP contribution in [0.5, 0.6) is 11.5 Å². The molecule has 94 valence electrons. The second kappa shape index (κ2) is 5.65. The van der Waals surface area contributed by atoms with Crippen LogP contribution in [0.4, 0.5) is 11.4 Å². The van der Waals surface area contributed by atoms with E-state index in [0.717, 1.165) is 11.4 Å². The first kappa shape index (κ1) is 12.6. The third-order valence-electron chi connectivity index (χ3n) is 2.51. The minimum Gasteiger partial charge on any atom is -0.494 e. The highest BCUT2D eigenvalue weighted by Crippen LogP contribution is 2.39. The normalized spacial score (nSPS) is 9.94. The average molecular weight is 264 g/mol. The number of halogens is 1. The van der Waals surface area contributed by atoms with E-state index in [-0.39, 0.29) is 0 Å². The molecule has 0 saturated heterocycles. The van der Waals surface area contributed by atoms with Crippen molar-refractivity contribution in [2.24, 2.45) is 0 Å². The third kappa shape index (κ3) is 2.68. The van der Waals surface area contributed by atoms with Gasteiger partial charge in [0.25, 0.3) is 0 Å². The summed E-state index contributed by atoms with van der Waals surface area (Å²) in [6.45, 7) is 0. The van der Waals surface area contributed by atoms with Gasteiger partial charge in [-0.15, -0.1) is 0 Å². The van der Waals surface area contributed by atoms with Crippen LogP contribution in [0.3, 0.4) is 0 Å². The molecule has 0 aliphatic carbocycles. The van der Waals surface area contributed by atoms with Crippen LogP contribution in [0.15, 0.2) is 42.5 Å². The highest BCUT2D eigenvalue weighted by atomic mass is 35.5. The molecule has 0 aliphatic heterocycles. The molecule has 3 nitrogen and oxygen atoms in total. The van der Waals surface area contributed by atoms with E-state index in [1.165, 1.54) is 0 Å². The van der Waals surface area contributed by atoms with Crippen molar-refractivity contribution in [3.63, 3.8) is 0 Å². The second-order valence-corrected chi connectivity index (χ2v) is 4.11. The van der Waals surface area contributed by atoms with Gasteiger partial charge in [-0.1, -0.05) is 29.8 Å². The molecule has 0 spiro atoms. The fourth-order valence-corrected chi connectivity index (χ4v) is 1.87. The smallest absolute Gasteiger partial charge is 0.147 e. The van der Waals surface area contributed by atoms with Crippen LogP contribution < -0.4 is 14.8 Å². The fraction of sp³-hybridized carbons (Fsp3) is 0.143. The zero-order valence-corrected chi connectivity index (χ0v) is 11.0. The van der Waals surface area contributed by atoms with E-state index in [1.54, 1.807) is 26.4 Å². The van der Waals surface area contributed by atoms with E-state index >= 15 is 0 Å². The van der Waals surface area contributed by atoms with Gasteiger partial charge in [0.05, 0.1) is 14.2 Å². The van der Waals surface area contributed by atoms with E-state index < -0.39 is 0 Å². The van der Waals surface area contributed by atoms with Gasteiger partial charge in [0.15, 0.2) is 0 Å². The maximum absolute atomic E-state index is 5.99. The Bertz CT molecular complexity index is 504. The summed E-state index contributed by atoms with van der Waals surface area (Å²) in [7, 11) is 3.20. The number of methoxy groups -OCH3 is 2. The lowest BCUT2D eigenvalue weighted by Gasteiger charge is -2.15. The van der Waals surface area contributed by atoms with Crippen molar-refractivity contribution < 1.29 is 9.47 Å². The van der Waals surface area contributed by atoms with E-state index in [0.29, 0.717) is 16.5 Å². The number of anilines is 2. The Morgan fingerprint density at radius 1 is 0.944 bits per heavy atom. The van der Waals surface area contributed by atoms with Crippen LogP contribution >= 0.6 is 11.6 Å². The summed E-state index contributed by atoms with van der Waals surface area (Å²) in [6, 6.07) is 13.3. The molecule has 2 aromatic carbocycles. The van der Waals surface area contributed by atoms with Crippen LogP contribution in [0.1, 0.15) is 0 Å². The highest BCUT2D eigenvalue weighted by Gasteiger charge is 2.12. The Balaban J connectivity index is 2.42. The van der Waals surface area contributed by atoms with Crippen molar-refractivity contribution in [3.8, 4) is 11.5 Å². The lowest BCUT2D eigenvalue weighted by Crippen LogP contribution is -1.98. The molecule has 0 unspecified atom stereocenters. The first-order valence-corrected chi connectivity index (χ1v) is 5.86. The van der Waals surface area contributed by atoms with Crippen molar-refractivity contribution in [1.29, 1.82) is 0 Å². The maximum atomic E-state index is 5.99. The van der Waals surface area contributed by atoms with Crippen LogP contribution in [-0.4, -0.2) is 14.2 Å². The van der Waals surface area contributed by atoms with Crippen molar-refractivity contribution in [1.82, 2.24) is 0 Å². The summed E-state index contributed by atoms with van der Waals surface area (Å²) >= 11 is 5.99. The Morgan fingerprint density at radius 2 is 1.50 bits per heavy atom.